The van der Waals surface area contributed by atoms with Crippen molar-refractivity contribution in [3.05, 3.63) is 35.6 Å². The van der Waals surface area contributed by atoms with Gasteiger partial charge in [-0.25, -0.2) is 4.98 Å². The van der Waals surface area contributed by atoms with Crippen molar-refractivity contribution in [3.8, 4) is 0 Å². The molecule has 52 valence electrons. The molecule has 0 N–H and O–H groups in total. The second kappa shape index (κ2) is 3.04. The van der Waals surface area contributed by atoms with Crippen LogP contribution in [0.15, 0.2) is 24.9 Å². The molecule has 0 spiro atoms. The minimum Gasteiger partial charge on any atom is -0.244 e. The average molecular weight is 174 g/mol. The third-order valence-electron chi connectivity index (χ3n) is 1.05. The molecule has 1 aromatic heterocycles. The predicted molar refractivity (Wildman–Crippen MR) is 44.1 cm³/mol. The van der Waals surface area contributed by atoms with Crippen molar-refractivity contribution in [2.24, 2.45) is 0 Å². The Bertz CT molecular complexity index is 258. The maximum Gasteiger partial charge on any atom is 0.137 e. The molecule has 0 fully saturated rings. The van der Waals surface area contributed by atoms with E-state index in [0.29, 0.717) is 15.7 Å². The summed E-state index contributed by atoms with van der Waals surface area (Å²) in [5, 5.41) is 0.806. The highest BCUT2D eigenvalue weighted by Crippen LogP contribution is 2.22. The Balaban J connectivity index is 3.15. The maximum atomic E-state index is 5.66. The van der Waals surface area contributed by atoms with Crippen molar-refractivity contribution < 1.29 is 0 Å². The first-order chi connectivity index (χ1) is 4.72. The minimum absolute atomic E-state index is 0.391. The van der Waals surface area contributed by atoms with E-state index in [1.807, 2.05) is 0 Å². The van der Waals surface area contributed by atoms with Gasteiger partial charge in [-0.1, -0.05) is 29.8 Å². The summed E-state index contributed by atoms with van der Waals surface area (Å²) >= 11 is 11.3. The van der Waals surface area contributed by atoms with Crippen molar-refractivity contribution in [1.29, 1.82) is 0 Å². The van der Waals surface area contributed by atoms with Gasteiger partial charge in [-0.15, -0.1) is 0 Å². The SMILES string of the molecule is C=C(Cl)c1cccnc1Cl. The number of aromatic nitrogens is 1. The summed E-state index contributed by atoms with van der Waals surface area (Å²) in [6, 6.07) is 3.53. The highest BCUT2D eigenvalue weighted by molar-refractivity contribution is 6.49. The molecule has 0 aliphatic carbocycles. The van der Waals surface area contributed by atoms with Crippen molar-refractivity contribution in [1.82, 2.24) is 4.98 Å². The highest BCUT2D eigenvalue weighted by Gasteiger charge is 1.99. The summed E-state index contributed by atoms with van der Waals surface area (Å²) < 4.78 is 0. The summed E-state index contributed by atoms with van der Waals surface area (Å²) in [7, 11) is 0. The van der Waals surface area contributed by atoms with Crippen LogP contribution >= 0.6 is 23.2 Å². The molecular formula is C7H5Cl2N. The summed E-state index contributed by atoms with van der Waals surface area (Å²) in [6.07, 6.45) is 1.60. The fourth-order valence-corrected chi connectivity index (χ4v) is 1.02. The van der Waals surface area contributed by atoms with Crippen LogP contribution in [0.5, 0.6) is 0 Å². The van der Waals surface area contributed by atoms with Gasteiger partial charge >= 0.3 is 0 Å². The lowest BCUT2D eigenvalue weighted by Gasteiger charge is -1.96. The molecule has 1 nitrogen and oxygen atoms in total. The Kier molecular flexibility index (Phi) is 2.30. The number of hydrogen-bond donors (Lipinski definition) is 0. The molecule has 1 rings (SSSR count). The van der Waals surface area contributed by atoms with Gasteiger partial charge in [-0.3, -0.25) is 0 Å². The number of pyridine rings is 1. The molecule has 0 saturated carbocycles. The van der Waals surface area contributed by atoms with Crippen LogP contribution in [-0.4, -0.2) is 4.98 Å². The van der Waals surface area contributed by atoms with Crippen LogP contribution in [0, 0.1) is 0 Å². The average Bonchev–Trinajstić information content (AvgIpc) is 1.88. The van der Waals surface area contributed by atoms with Crippen LogP contribution in [0.2, 0.25) is 5.15 Å². The van der Waals surface area contributed by atoms with E-state index in [1.54, 1.807) is 18.3 Å². The third-order valence-corrected chi connectivity index (χ3v) is 1.56. The monoisotopic (exact) mass is 173 g/mol. The Labute approximate surface area is 69.3 Å². The molecule has 0 aliphatic rings. The molecule has 3 heteroatoms. The molecule has 0 saturated heterocycles. The highest BCUT2D eigenvalue weighted by atomic mass is 35.5. The maximum absolute atomic E-state index is 5.66. The summed E-state index contributed by atoms with van der Waals surface area (Å²) in [5.74, 6) is 0. The van der Waals surface area contributed by atoms with E-state index in [1.165, 1.54) is 0 Å². The van der Waals surface area contributed by atoms with Crippen molar-refractivity contribution in [2.75, 3.05) is 0 Å². The lowest BCUT2D eigenvalue weighted by atomic mass is 10.3. The molecular weight excluding hydrogens is 169 g/mol. The number of nitrogens with zero attached hydrogens (tertiary/aromatic N) is 1. The van der Waals surface area contributed by atoms with E-state index >= 15 is 0 Å². The molecule has 10 heavy (non-hydrogen) atoms. The number of hydrogen-bond acceptors (Lipinski definition) is 1. The molecule has 0 radical (unpaired) electrons. The van der Waals surface area contributed by atoms with Crippen LogP contribution in [0.4, 0.5) is 0 Å². The van der Waals surface area contributed by atoms with Gasteiger partial charge in [0.2, 0.25) is 0 Å². The smallest absolute Gasteiger partial charge is 0.137 e. The van der Waals surface area contributed by atoms with Gasteiger partial charge in [0.05, 0.1) is 0 Å². The summed E-state index contributed by atoms with van der Waals surface area (Å²) in [6.45, 7) is 3.53. The first-order valence-corrected chi connectivity index (χ1v) is 3.42. The van der Waals surface area contributed by atoms with E-state index in [-0.39, 0.29) is 0 Å². The summed E-state index contributed by atoms with van der Waals surface area (Å²) in [5.41, 5.74) is 0.686. The molecule has 0 atom stereocenters. The van der Waals surface area contributed by atoms with E-state index in [4.69, 9.17) is 23.2 Å². The van der Waals surface area contributed by atoms with Crippen molar-refractivity contribution in [3.63, 3.8) is 0 Å². The van der Waals surface area contributed by atoms with Crippen LogP contribution in [0.1, 0.15) is 5.56 Å². The lowest BCUT2D eigenvalue weighted by Crippen LogP contribution is -1.80. The minimum atomic E-state index is 0.391. The zero-order chi connectivity index (χ0) is 7.56. The van der Waals surface area contributed by atoms with Crippen molar-refractivity contribution >= 4 is 28.2 Å². The quantitative estimate of drug-likeness (QED) is 0.596. The molecule has 1 heterocycles. The molecule has 0 amide bonds. The van der Waals surface area contributed by atoms with E-state index in [0.717, 1.165) is 0 Å². The van der Waals surface area contributed by atoms with Crippen LogP contribution < -0.4 is 0 Å². The number of halogens is 2. The van der Waals surface area contributed by atoms with Gasteiger partial charge in [0.15, 0.2) is 0 Å². The predicted octanol–water partition coefficient (Wildman–Crippen LogP) is 2.94. The largest absolute Gasteiger partial charge is 0.244 e. The van der Waals surface area contributed by atoms with Gasteiger partial charge < -0.3 is 0 Å². The standard InChI is InChI=1S/C7H5Cl2N/c1-5(8)6-3-2-4-10-7(6)9/h2-4H,1H2. The van der Waals surface area contributed by atoms with E-state index in [2.05, 4.69) is 11.6 Å². The topological polar surface area (TPSA) is 12.9 Å². The second-order valence-corrected chi connectivity index (χ2v) is 2.56. The lowest BCUT2D eigenvalue weighted by molar-refractivity contribution is 1.31. The van der Waals surface area contributed by atoms with E-state index < -0.39 is 0 Å². The molecule has 0 bridgehead atoms. The zero-order valence-electron chi connectivity index (χ0n) is 5.14. The first kappa shape index (κ1) is 7.58. The first-order valence-electron chi connectivity index (χ1n) is 2.67. The molecule has 0 aliphatic heterocycles. The third kappa shape index (κ3) is 1.49. The Morgan fingerprint density at radius 1 is 1.60 bits per heavy atom. The Hall–Kier alpha value is -0.530. The Morgan fingerprint density at radius 2 is 2.30 bits per heavy atom. The van der Waals surface area contributed by atoms with E-state index in [9.17, 15) is 0 Å². The molecule has 0 aromatic carbocycles. The van der Waals surface area contributed by atoms with Crippen LogP contribution in [-0.2, 0) is 0 Å². The van der Waals surface area contributed by atoms with Gasteiger partial charge in [0.1, 0.15) is 5.15 Å². The molecule has 1 aromatic rings. The van der Waals surface area contributed by atoms with Crippen molar-refractivity contribution in [2.45, 2.75) is 0 Å². The Morgan fingerprint density at radius 3 is 2.70 bits per heavy atom. The van der Waals surface area contributed by atoms with Gasteiger partial charge in [0, 0.05) is 16.8 Å². The fourth-order valence-electron chi connectivity index (χ4n) is 0.588. The molecule has 0 unspecified atom stereocenters. The normalized spacial score (nSPS) is 9.40. The fraction of sp³-hybridized carbons (Fsp3) is 0. The second-order valence-electron chi connectivity index (χ2n) is 1.75. The van der Waals surface area contributed by atoms with Crippen LogP contribution in [0.3, 0.4) is 0 Å². The van der Waals surface area contributed by atoms with Gasteiger partial charge in [0.25, 0.3) is 0 Å². The summed E-state index contributed by atoms with van der Waals surface area (Å²) in [4.78, 5) is 3.82. The zero-order valence-corrected chi connectivity index (χ0v) is 6.65. The van der Waals surface area contributed by atoms with Crippen LogP contribution in [0.25, 0.3) is 5.03 Å². The van der Waals surface area contributed by atoms with Gasteiger partial charge in [-0.05, 0) is 12.1 Å². The number of rotatable bonds is 1. The van der Waals surface area contributed by atoms with Gasteiger partial charge in [-0.2, -0.15) is 0 Å².